The minimum atomic E-state index is -0.774. The third-order valence-electron chi connectivity index (χ3n) is 7.25. The monoisotopic (exact) mass is 432 g/mol. The molecule has 0 spiro atoms. The van der Waals surface area contributed by atoms with Gasteiger partial charge in [0.05, 0.1) is 0 Å². The highest BCUT2D eigenvalue weighted by atomic mass is 16.5. The smallest absolute Gasteiger partial charge is 0.325 e. The predicted octanol–water partition coefficient (Wildman–Crippen LogP) is 5.77. The Morgan fingerprint density at radius 3 is 2.72 bits per heavy atom. The molecular weight excluding hydrogens is 400 g/mol. The first-order valence-corrected chi connectivity index (χ1v) is 11.5. The average Bonchev–Trinajstić information content (AvgIpc) is 3.24. The van der Waals surface area contributed by atoms with Gasteiger partial charge in [-0.1, -0.05) is 51.1 Å². The Kier molecular flexibility index (Phi) is 5.05. The van der Waals surface area contributed by atoms with Crippen LogP contribution >= 0.6 is 0 Å². The number of ether oxygens (including phenoxy) is 1. The maximum atomic E-state index is 12.5. The molecule has 0 amide bonds. The van der Waals surface area contributed by atoms with Gasteiger partial charge in [-0.15, -0.1) is 0 Å². The van der Waals surface area contributed by atoms with E-state index in [1.807, 2.05) is 54.7 Å². The number of carboxylic acids is 1. The number of fused-ring (bicyclic) bond motifs is 3. The number of nitrogens with one attached hydrogen (secondary N) is 1. The molecule has 1 aliphatic heterocycles. The molecule has 5 rings (SSSR count). The van der Waals surface area contributed by atoms with Gasteiger partial charge in [-0.05, 0) is 47.8 Å². The maximum Gasteiger partial charge on any atom is 0.325 e. The summed E-state index contributed by atoms with van der Waals surface area (Å²) in [6.07, 6.45) is 5.15. The standard InChI is InChI=1S/C27H32N2O3/c1-26(2)12-19-13-27(3,16-26)17-29(19)24(25(30)31)22-14-28-23-11-20(9-10-21(22)23)32-15-18-7-5-4-6-8-18/h4-11,14,19,24,28H,12-13,15-17H2,1-3H3,(H,30,31)/t19-,24+,27+/m0/s1. The van der Waals surface area contributed by atoms with E-state index in [2.05, 4.69) is 30.7 Å². The van der Waals surface area contributed by atoms with Crippen LogP contribution in [0.2, 0.25) is 0 Å². The molecule has 2 N–H and O–H groups in total. The van der Waals surface area contributed by atoms with E-state index in [1.165, 1.54) is 0 Å². The van der Waals surface area contributed by atoms with E-state index in [9.17, 15) is 9.90 Å². The molecule has 1 aromatic heterocycles. The molecule has 0 unspecified atom stereocenters. The number of likely N-dealkylation sites (tertiary alicyclic amines) is 1. The van der Waals surface area contributed by atoms with Crippen molar-refractivity contribution in [3.8, 4) is 5.75 Å². The van der Waals surface area contributed by atoms with Crippen molar-refractivity contribution in [2.24, 2.45) is 10.8 Å². The summed E-state index contributed by atoms with van der Waals surface area (Å²) in [5.41, 5.74) is 3.30. The molecule has 1 saturated heterocycles. The Morgan fingerprint density at radius 1 is 1.19 bits per heavy atom. The first-order chi connectivity index (χ1) is 15.2. The predicted molar refractivity (Wildman–Crippen MR) is 126 cm³/mol. The van der Waals surface area contributed by atoms with Gasteiger partial charge >= 0.3 is 5.97 Å². The summed E-state index contributed by atoms with van der Waals surface area (Å²) in [4.78, 5) is 18.1. The molecule has 2 aliphatic rings. The van der Waals surface area contributed by atoms with Crippen LogP contribution in [0.5, 0.6) is 5.75 Å². The number of aromatic amines is 1. The van der Waals surface area contributed by atoms with Crippen LogP contribution < -0.4 is 4.74 Å². The van der Waals surface area contributed by atoms with Crippen LogP contribution in [-0.4, -0.2) is 33.5 Å². The molecule has 32 heavy (non-hydrogen) atoms. The van der Waals surface area contributed by atoms with Crippen LogP contribution in [0.15, 0.2) is 54.7 Å². The number of benzene rings is 2. The molecule has 3 aromatic rings. The summed E-state index contributed by atoms with van der Waals surface area (Å²) in [5, 5.41) is 11.2. The zero-order chi connectivity index (χ0) is 22.5. The first-order valence-electron chi connectivity index (χ1n) is 11.5. The van der Waals surface area contributed by atoms with E-state index < -0.39 is 12.0 Å². The van der Waals surface area contributed by atoms with Crippen LogP contribution in [0.3, 0.4) is 0 Å². The summed E-state index contributed by atoms with van der Waals surface area (Å²) >= 11 is 0. The van der Waals surface area contributed by atoms with Crippen molar-refractivity contribution < 1.29 is 14.6 Å². The first kappa shape index (κ1) is 21.1. The van der Waals surface area contributed by atoms with Crippen molar-refractivity contribution in [1.82, 2.24) is 9.88 Å². The van der Waals surface area contributed by atoms with Gasteiger partial charge < -0.3 is 14.8 Å². The molecule has 168 valence electrons. The second-order valence-electron chi connectivity index (χ2n) is 10.9. The number of H-pyrrole nitrogens is 1. The second kappa shape index (κ2) is 7.66. The number of hydrogen-bond acceptors (Lipinski definition) is 3. The number of nitrogens with zero attached hydrogens (tertiary/aromatic N) is 1. The van der Waals surface area contributed by atoms with Gasteiger partial charge in [0.1, 0.15) is 18.4 Å². The normalized spacial score (nSPS) is 25.7. The number of aromatic nitrogens is 1. The van der Waals surface area contributed by atoms with Crippen LogP contribution in [0.4, 0.5) is 0 Å². The van der Waals surface area contributed by atoms with E-state index in [0.717, 1.165) is 53.6 Å². The van der Waals surface area contributed by atoms with Crippen LogP contribution in [0.1, 0.15) is 57.2 Å². The molecule has 1 saturated carbocycles. The fourth-order valence-corrected chi connectivity index (χ4v) is 6.44. The van der Waals surface area contributed by atoms with E-state index in [1.54, 1.807) is 0 Å². The fraction of sp³-hybridized carbons (Fsp3) is 0.444. The quantitative estimate of drug-likeness (QED) is 0.519. The molecule has 3 atom stereocenters. The number of aliphatic carboxylic acids is 1. The molecule has 5 nitrogen and oxygen atoms in total. The third-order valence-corrected chi connectivity index (χ3v) is 7.25. The summed E-state index contributed by atoms with van der Waals surface area (Å²) in [6, 6.07) is 15.6. The zero-order valence-electron chi connectivity index (χ0n) is 19.1. The van der Waals surface area contributed by atoms with Crippen molar-refractivity contribution in [1.29, 1.82) is 0 Å². The number of hydrogen-bond donors (Lipinski definition) is 2. The minimum absolute atomic E-state index is 0.185. The molecule has 2 heterocycles. The highest BCUT2D eigenvalue weighted by Crippen LogP contribution is 2.54. The SMILES string of the molecule is CC1(C)C[C@H]2C[C@@](C)(CN2[C@@H](C(=O)O)c2c[nH]c3cc(OCc4ccccc4)ccc23)C1. The van der Waals surface area contributed by atoms with Gasteiger partial charge in [0.2, 0.25) is 0 Å². The number of carbonyl (C=O) groups is 1. The van der Waals surface area contributed by atoms with Gasteiger partial charge in [-0.3, -0.25) is 9.69 Å². The van der Waals surface area contributed by atoms with Crippen LogP contribution in [-0.2, 0) is 11.4 Å². The van der Waals surface area contributed by atoms with Crippen molar-refractivity contribution in [2.45, 2.75) is 58.7 Å². The highest BCUT2D eigenvalue weighted by molar-refractivity contribution is 5.90. The average molecular weight is 433 g/mol. The van der Waals surface area contributed by atoms with E-state index >= 15 is 0 Å². The summed E-state index contributed by atoms with van der Waals surface area (Å²) in [6.45, 7) is 8.30. The van der Waals surface area contributed by atoms with Gasteiger partial charge in [-0.25, -0.2) is 0 Å². The van der Waals surface area contributed by atoms with Crippen LogP contribution in [0, 0.1) is 10.8 Å². The topological polar surface area (TPSA) is 65.6 Å². The van der Waals surface area contributed by atoms with Crippen molar-refractivity contribution in [3.05, 3.63) is 65.9 Å². The van der Waals surface area contributed by atoms with Gasteiger partial charge in [0.25, 0.3) is 0 Å². The Labute approximate surface area is 189 Å². The van der Waals surface area contributed by atoms with Gasteiger partial charge in [0, 0.05) is 41.3 Å². The fourth-order valence-electron chi connectivity index (χ4n) is 6.44. The number of carboxylic acid groups (broad SMARTS) is 1. The summed E-state index contributed by atoms with van der Waals surface area (Å²) in [7, 11) is 0. The lowest BCUT2D eigenvalue weighted by molar-refractivity contribution is -0.144. The zero-order valence-corrected chi connectivity index (χ0v) is 19.1. The van der Waals surface area contributed by atoms with Gasteiger partial charge in [0.15, 0.2) is 0 Å². The molecule has 1 aliphatic carbocycles. The lowest BCUT2D eigenvalue weighted by Gasteiger charge is -2.40. The van der Waals surface area contributed by atoms with E-state index in [-0.39, 0.29) is 10.8 Å². The second-order valence-corrected chi connectivity index (χ2v) is 10.9. The third kappa shape index (κ3) is 3.90. The van der Waals surface area contributed by atoms with E-state index in [4.69, 9.17) is 4.74 Å². The number of rotatable bonds is 6. The minimum Gasteiger partial charge on any atom is -0.489 e. The molecule has 2 bridgehead atoms. The van der Waals surface area contributed by atoms with Gasteiger partial charge in [-0.2, -0.15) is 0 Å². The van der Waals surface area contributed by atoms with Crippen molar-refractivity contribution in [2.75, 3.05) is 6.54 Å². The van der Waals surface area contributed by atoms with Crippen molar-refractivity contribution in [3.63, 3.8) is 0 Å². The molecule has 2 fully saturated rings. The lowest BCUT2D eigenvalue weighted by Crippen LogP contribution is -2.39. The van der Waals surface area contributed by atoms with E-state index in [0.29, 0.717) is 12.6 Å². The highest BCUT2D eigenvalue weighted by Gasteiger charge is 2.52. The molecule has 5 heteroatoms. The Balaban J connectivity index is 1.42. The Bertz CT molecular complexity index is 1140. The molecular formula is C27H32N2O3. The Morgan fingerprint density at radius 2 is 1.97 bits per heavy atom. The largest absolute Gasteiger partial charge is 0.489 e. The Hall–Kier alpha value is -2.79. The summed E-state index contributed by atoms with van der Waals surface area (Å²) < 4.78 is 5.96. The van der Waals surface area contributed by atoms with Crippen LogP contribution in [0.25, 0.3) is 10.9 Å². The van der Waals surface area contributed by atoms with Crippen molar-refractivity contribution >= 4 is 16.9 Å². The summed E-state index contributed by atoms with van der Waals surface area (Å²) in [5.74, 6) is -0.00261. The molecule has 2 aromatic carbocycles. The molecule has 0 radical (unpaired) electrons. The maximum absolute atomic E-state index is 12.5. The lowest BCUT2D eigenvalue weighted by atomic mass is 9.65.